The van der Waals surface area contributed by atoms with Crippen molar-refractivity contribution in [3.63, 3.8) is 0 Å². The average Bonchev–Trinajstić information content (AvgIpc) is 2.69. The molecule has 1 aromatic rings. The van der Waals surface area contributed by atoms with Gasteiger partial charge in [0.1, 0.15) is 11.4 Å². The third kappa shape index (κ3) is 2.66. The van der Waals surface area contributed by atoms with Crippen LogP contribution in [0.1, 0.15) is 44.9 Å². The Hall–Kier alpha value is -1.55. The largest absolute Gasteiger partial charge is 0.487 e. The lowest BCUT2D eigenvalue weighted by molar-refractivity contribution is -0.144. The number of aliphatic hydroxyl groups excluding tert-OH is 1. The molecule has 0 bridgehead atoms. The van der Waals surface area contributed by atoms with Gasteiger partial charge in [0.2, 0.25) is 0 Å². The number of benzene rings is 1. The van der Waals surface area contributed by atoms with Crippen LogP contribution in [0.2, 0.25) is 0 Å². The Morgan fingerprint density at radius 2 is 2.00 bits per heavy atom. The molecule has 3 atom stereocenters. The van der Waals surface area contributed by atoms with Gasteiger partial charge in [0.25, 0.3) is 0 Å². The molecule has 2 N–H and O–H groups in total. The third-order valence-corrected chi connectivity index (χ3v) is 4.12. The molecule has 1 heterocycles. The van der Waals surface area contributed by atoms with Crippen LogP contribution in [0.25, 0.3) is 0 Å². The molecule has 0 saturated heterocycles. The van der Waals surface area contributed by atoms with E-state index >= 15 is 0 Å². The van der Waals surface area contributed by atoms with E-state index in [-0.39, 0.29) is 11.5 Å². The number of carboxylic acids is 1. The van der Waals surface area contributed by atoms with Gasteiger partial charge in [-0.3, -0.25) is 4.79 Å². The molecule has 20 heavy (non-hydrogen) atoms. The molecule has 0 aromatic heterocycles. The number of rotatable bonds is 4. The minimum absolute atomic E-state index is 0.278. The summed E-state index contributed by atoms with van der Waals surface area (Å²) in [6.07, 6.45) is -0.0453. The summed E-state index contributed by atoms with van der Waals surface area (Å²) < 4.78 is 5.93. The van der Waals surface area contributed by atoms with Gasteiger partial charge in [-0.15, -0.1) is 0 Å². The maximum Gasteiger partial charge on any atom is 0.306 e. The van der Waals surface area contributed by atoms with Gasteiger partial charge in [-0.25, -0.2) is 0 Å². The van der Waals surface area contributed by atoms with Crippen molar-refractivity contribution in [1.29, 1.82) is 0 Å². The summed E-state index contributed by atoms with van der Waals surface area (Å²) in [5.41, 5.74) is 1.48. The van der Waals surface area contributed by atoms with E-state index < -0.39 is 18.0 Å². The highest BCUT2D eigenvalue weighted by atomic mass is 16.5. The molecule has 0 amide bonds. The van der Waals surface area contributed by atoms with Crippen molar-refractivity contribution in [1.82, 2.24) is 0 Å². The molecular weight excluding hydrogens is 256 g/mol. The molecule has 4 nitrogen and oxygen atoms in total. The summed E-state index contributed by atoms with van der Waals surface area (Å²) in [6, 6.07) is 5.70. The summed E-state index contributed by atoms with van der Waals surface area (Å²) in [7, 11) is 0. The van der Waals surface area contributed by atoms with Crippen LogP contribution in [0, 0.1) is 11.8 Å². The van der Waals surface area contributed by atoms with Crippen LogP contribution < -0.4 is 4.74 Å². The SMILES string of the molecule is CC(C(=O)O)C(C)C(O)c1cccc2c1OC(C)(C)C2. The number of hydrogen-bond donors (Lipinski definition) is 2. The predicted molar refractivity (Wildman–Crippen MR) is 75.8 cm³/mol. The second-order valence-corrected chi connectivity index (χ2v) is 6.30. The smallest absolute Gasteiger partial charge is 0.306 e. The highest BCUT2D eigenvalue weighted by Gasteiger charge is 2.35. The third-order valence-electron chi connectivity index (χ3n) is 4.12. The number of ether oxygens (including phenoxy) is 1. The summed E-state index contributed by atoms with van der Waals surface area (Å²) in [6.45, 7) is 7.38. The van der Waals surface area contributed by atoms with E-state index in [4.69, 9.17) is 9.84 Å². The molecule has 2 rings (SSSR count). The Kier molecular flexibility index (Phi) is 3.78. The van der Waals surface area contributed by atoms with E-state index in [0.29, 0.717) is 5.56 Å². The van der Waals surface area contributed by atoms with Gasteiger partial charge in [-0.05, 0) is 25.3 Å². The van der Waals surface area contributed by atoms with Crippen molar-refractivity contribution in [3.05, 3.63) is 29.3 Å². The van der Waals surface area contributed by atoms with Crippen molar-refractivity contribution < 1.29 is 19.7 Å². The van der Waals surface area contributed by atoms with Crippen molar-refractivity contribution in [3.8, 4) is 5.75 Å². The fourth-order valence-corrected chi connectivity index (χ4v) is 2.65. The second kappa shape index (κ2) is 5.09. The Morgan fingerprint density at radius 1 is 1.35 bits per heavy atom. The molecule has 1 aliphatic heterocycles. The van der Waals surface area contributed by atoms with Crippen LogP contribution in [0.15, 0.2) is 18.2 Å². The molecule has 110 valence electrons. The number of carbonyl (C=O) groups is 1. The van der Waals surface area contributed by atoms with E-state index in [1.165, 1.54) is 0 Å². The van der Waals surface area contributed by atoms with Gasteiger partial charge in [0.15, 0.2) is 0 Å². The van der Waals surface area contributed by atoms with Crippen molar-refractivity contribution in [2.45, 2.75) is 45.8 Å². The Balaban J connectivity index is 2.31. The van der Waals surface area contributed by atoms with Gasteiger partial charge in [-0.1, -0.05) is 32.0 Å². The number of aliphatic carboxylic acids is 1. The first-order valence-electron chi connectivity index (χ1n) is 6.94. The fraction of sp³-hybridized carbons (Fsp3) is 0.562. The lowest BCUT2D eigenvalue weighted by Crippen LogP contribution is -2.26. The molecule has 0 spiro atoms. The fourth-order valence-electron chi connectivity index (χ4n) is 2.65. The van der Waals surface area contributed by atoms with E-state index in [0.717, 1.165) is 17.7 Å². The lowest BCUT2D eigenvalue weighted by atomic mass is 9.86. The summed E-state index contributed by atoms with van der Waals surface area (Å²) in [5.74, 6) is -1.18. The molecule has 1 aliphatic rings. The Labute approximate surface area is 119 Å². The topological polar surface area (TPSA) is 66.8 Å². The van der Waals surface area contributed by atoms with Gasteiger partial charge in [-0.2, -0.15) is 0 Å². The Bertz CT molecular complexity index is 521. The molecule has 3 unspecified atom stereocenters. The maximum absolute atomic E-state index is 11.1. The number of hydrogen-bond acceptors (Lipinski definition) is 3. The van der Waals surface area contributed by atoms with Crippen LogP contribution in [0.5, 0.6) is 5.75 Å². The number of fused-ring (bicyclic) bond motifs is 1. The summed E-state index contributed by atoms with van der Waals surface area (Å²) >= 11 is 0. The molecular formula is C16H22O4. The van der Waals surface area contributed by atoms with Crippen LogP contribution in [0.4, 0.5) is 0 Å². The first kappa shape index (κ1) is 14.9. The zero-order chi connectivity index (χ0) is 15.1. The van der Waals surface area contributed by atoms with E-state index in [1.54, 1.807) is 13.8 Å². The highest BCUT2D eigenvalue weighted by molar-refractivity contribution is 5.70. The van der Waals surface area contributed by atoms with Crippen molar-refractivity contribution in [2.75, 3.05) is 0 Å². The monoisotopic (exact) mass is 278 g/mol. The molecule has 0 saturated carbocycles. The quantitative estimate of drug-likeness (QED) is 0.888. The standard InChI is InChI=1S/C16H22O4/c1-9(10(2)15(18)19)13(17)12-7-5-6-11-8-16(3,4)20-14(11)12/h5-7,9-10,13,17H,8H2,1-4H3,(H,18,19). The maximum atomic E-state index is 11.1. The second-order valence-electron chi connectivity index (χ2n) is 6.30. The van der Waals surface area contributed by atoms with Crippen LogP contribution in [0.3, 0.4) is 0 Å². The number of para-hydroxylation sites is 1. The predicted octanol–water partition coefficient (Wildman–Crippen LogP) is 2.79. The minimum Gasteiger partial charge on any atom is -0.487 e. The normalized spacial score (nSPS) is 20.6. The van der Waals surface area contributed by atoms with Crippen LogP contribution in [-0.2, 0) is 11.2 Å². The van der Waals surface area contributed by atoms with E-state index in [1.807, 2.05) is 32.0 Å². The van der Waals surface area contributed by atoms with Crippen molar-refractivity contribution in [2.24, 2.45) is 11.8 Å². The highest BCUT2D eigenvalue weighted by Crippen LogP contribution is 2.42. The first-order chi connectivity index (χ1) is 9.23. The summed E-state index contributed by atoms with van der Waals surface area (Å²) in [4.78, 5) is 11.1. The van der Waals surface area contributed by atoms with E-state index in [2.05, 4.69) is 0 Å². The van der Waals surface area contributed by atoms with E-state index in [9.17, 15) is 9.90 Å². The molecule has 0 radical (unpaired) electrons. The van der Waals surface area contributed by atoms with Gasteiger partial charge >= 0.3 is 5.97 Å². The zero-order valence-electron chi connectivity index (χ0n) is 12.4. The van der Waals surface area contributed by atoms with Crippen molar-refractivity contribution >= 4 is 5.97 Å². The number of carboxylic acid groups (broad SMARTS) is 1. The molecule has 0 aliphatic carbocycles. The molecule has 4 heteroatoms. The van der Waals surface area contributed by atoms with Crippen LogP contribution in [-0.4, -0.2) is 21.8 Å². The molecule has 0 fully saturated rings. The van der Waals surface area contributed by atoms with Gasteiger partial charge in [0, 0.05) is 12.0 Å². The van der Waals surface area contributed by atoms with Crippen LogP contribution >= 0.6 is 0 Å². The first-order valence-corrected chi connectivity index (χ1v) is 6.94. The minimum atomic E-state index is -0.898. The zero-order valence-corrected chi connectivity index (χ0v) is 12.4. The summed E-state index contributed by atoms with van der Waals surface area (Å²) in [5, 5.41) is 19.6. The van der Waals surface area contributed by atoms with Gasteiger partial charge in [0.05, 0.1) is 12.0 Å². The lowest BCUT2D eigenvalue weighted by Gasteiger charge is -2.25. The molecule has 1 aromatic carbocycles. The number of aliphatic hydroxyl groups is 1. The van der Waals surface area contributed by atoms with Gasteiger partial charge < -0.3 is 14.9 Å². The Morgan fingerprint density at radius 3 is 2.60 bits per heavy atom. The average molecular weight is 278 g/mol.